The number of aryl methyl sites for hydroxylation is 1. The smallest absolute Gasteiger partial charge is 0.363 e. The summed E-state index contributed by atoms with van der Waals surface area (Å²) in [6, 6.07) is 12.9. The van der Waals surface area contributed by atoms with Gasteiger partial charge in [0.15, 0.2) is 17.8 Å². The predicted molar refractivity (Wildman–Crippen MR) is 115 cm³/mol. The van der Waals surface area contributed by atoms with Gasteiger partial charge in [-0.1, -0.05) is 30.3 Å². The highest BCUT2D eigenvalue weighted by molar-refractivity contribution is 5.76. The normalized spacial score (nSPS) is 13.9. The quantitative estimate of drug-likeness (QED) is 0.426. The Balaban J connectivity index is 1.22. The minimum Gasteiger partial charge on any atom is -0.441 e. The van der Waals surface area contributed by atoms with E-state index in [2.05, 4.69) is 14.9 Å². The number of nitro groups is 1. The van der Waals surface area contributed by atoms with Gasteiger partial charge < -0.3 is 24.3 Å². The van der Waals surface area contributed by atoms with E-state index >= 15 is 0 Å². The minimum absolute atomic E-state index is 0.122. The van der Waals surface area contributed by atoms with E-state index in [1.165, 1.54) is 12.3 Å². The molecule has 1 saturated heterocycles. The van der Waals surface area contributed by atoms with Crippen LogP contribution in [0.3, 0.4) is 0 Å². The molecule has 0 saturated carbocycles. The minimum atomic E-state index is -0.513. The molecular weight excluding hydrogens is 398 g/mol. The number of hydrogen-bond acceptors (Lipinski definition) is 7. The lowest BCUT2D eigenvalue weighted by atomic mass is 10.2. The van der Waals surface area contributed by atoms with Gasteiger partial charge in [0.25, 0.3) is 0 Å². The van der Waals surface area contributed by atoms with Crippen LogP contribution in [0.5, 0.6) is 0 Å². The van der Waals surface area contributed by atoms with Crippen molar-refractivity contribution in [3.63, 3.8) is 0 Å². The van der Waals surface area contributed by atoms with Crippen molar-refractivity contribution in [2.24, 2.45) is 0 Å². The molecule has 9 nitrogen and oxygen atoms in total. The summed E-state index contributed by atoms with van der Waals surface area (Å²) in [6.45, 7) is 2.58. The third-order valence-corrected chi connectivity index (χ3v) is 5.31. The van der Waals surface area contributed by atoms with Gasteiger partial charge in [-0.05, 0) is 22.4 Å². The van der Waals surface area contributed by atoms with Crippen LogP contribution in [0.2, 0.25) is 0 Å². The van der Waals surface area contributed by atoms with Gasteiger partial charge >= 0.3 is 5.82 Å². The number of benzene rings is 1. The van der Waals surface area contributed by atoms with Crippen molar-refractivity contribution >= 4 is 17.4 Å². The molecule has 1 aliphatic heterocycles. The van der Waals surface area contributed by atoms with Crippen molar-refractivity contribution in [2.75, 3.05) is 31.1 Å². The largest absolute Gasteiger partial charge is 0.441 e. The van der Waals surface area contributed by atoms with Crippen LogP contribution >= 0.6 is 0 Å². The Morgan fingerprint density at radius 1 is 1.03 bits per heavy atom. The highest BCUT2D eigenvalue weighted by atomic mass is 16.6. The highest BCUT2D eigenvalue weighted by Crippen LogP contribution is 2.21. The van der Waals surface area contributed by atoms with Crippen molar-refractivity contribution in [3.05, 3.63) is 70.9 Å². The Morgan fingerprint density at radius 2 is 1.81 bits per heavy atom. The Labute approximate surface area is 179 Å². The number of anilines is 1. The maximum Gasteiger partial charge on any atom is 0.363 e. The van der Waals surface area contributed by atoms with E-state index in [1.54, 1.807) is 12.3 Å². The molecule has 1 aromatic carbocycles. The first-order chi connectivity index (χ1) is 15.1. The summed E-state index contributed by atoms with van der Waals surface area (Å²) in [5.41, 5.74) is 1.81. The molecule has 0 radical (unpaired) electrons. The van der Waals surface area contributed by atoms with Crippen LogP contribution in [0.1, 0.15) is 18.7 Å². The zero-order valence-electron chi connectivity index (χ0n) is 17.0. The molecule has 3 aromatic rings. The topological polar surface area (TPSA) is 106 Å². The maximum absolute atomic E-state index is 12.5. The summed E-state index contributed by atoms with van der Waals surface area (Å²) in [4.78, 5) is 34.9. The fraction of sp³-hybridized carbons (Fsp3) is 0.318. The third kappa shape index (κ3) is 5.06. The second kappa shape index (κ2) is 9.38. The standard InChI is InChI=1S/C22H23N5O4/c28-22(8-4-7-21-24-16-19(31-21)17-5-2-1-3-6-17)26-13-11-25(12-14-26)18-9-10-20(23-15-18)27(29)30/h1-3,5-6,9-10,15-16H,4,7-8,11-14H2. The molecule has 160 valence electrons. The average molecular weight is 421 g/mol. The monoisotopic (exact) mass is 421 g/mol. The zero-order valence-corrected chi connectivity index (χ0v) is 17.0. The predicted octanol–water partition coefficient (Wildman–Crippen LogP) is 3.32. The van der Waals surface area contributed by atoms with Crippen LogP contribution in [0.4, 0.5) is 11.5 Å². The van der Waals surface area contributed by atoms with E-state index in [1.807, 2.05) is 35.2 Å². The molecule has 3 heterocycles. The van der Waals surface area contributed by atoms with E-state index in [0.29, 0.717) is 51.3 Å². The van der Waals surface area contributed by atoms with Crippen molar-refractivity contribution in [3.8, 4) is 11.3 Å². The number of carbonyl (C=O) groups is 1. The number of aromatic nitrogens is 2. The van der Waals surface area contributed by atoms with Crippen molar-refractivity contribution in [1.82, 2.24) is 14.9 Å². The Morgan fingerprint density at radius 3 is 2.48 bits per heavy atom. The molecule has 1 fully saturated rings. The third-order valence-electron chi connectivity index (χ3n) is 5.31. The molecule has 0 aliphatic carbocycles. The van der Waals surface area contributed by atoms with Gasteiger partial charge in [-0.2, -0.15) is 0 Å². The summed E-state index contributed by atoms with van der Waals surface area (Å²) in [7, 11) is 0. The lowest BCUT2D eigenvalue weighted by molar-refractivity contribution is -0.389. The molecule has 0 unspecified atom stereocenters. The van der Waals surface area contributed by atoms with Crippen LogP contribution in [0.15, 0.2) is 59.3 Å². The number of nitrogens with zero attached hydrogens (tertiary/aromatic N) is 5. The van der Waals surface area contributed by atoms with Crippen LogP contribution in [0.25, 0.3) is 11.3 Å². The maximum atomic E-state index is 12.5. The van der Waals surface area contributed by atoms with Crippen LogP contribution < -0.4 is 4.90 Å². The van der Waals surface area contributed by atoms with E-state index in [0.717, 1.165) is 17.0 Å². The number of amides is 1. The summed E-state index contributed by atoms with van der Waals surface area (Å²) in [6.07, 6.45) is 4.98. The first kappa shape index (κ1) is 20.5. The van der Waals surface area contributed by atoms with Crippen LogP contribution in [0, 0.1) is 10.1 Å². The first-order valence-corrected chi connectivity index (χ1v) is 10.2. The number of pyridine rings is 1. The summed E-state index contributed by atoms with van der Waals surface area (Å²) in [5.74, 6) is 1.33. The SMILES string of the molecule is O=C(CCCc1ncc(-c2ccccc2)o1)N1CCN(c2ccc([N+](=O)[O-])nc2)CC1. The molecule has 0 atom stereocenters. The fourth-order valence-corrected chi connectivity index (χ4v) is 3.60. The first-order valence-electron chi connectivity index (χ1n) is 10.2. The van der Waals surface area contributed by atoms with Crippen molar-refractivity contribution in [2.45, 2.75) is 19.3 Å². The van der Waals surface area contributed by atoms with Gasteiger partial charge in [0.05, 0.1) is 11.9 Å². The van der Waals surface area contributed by atoms with Gasteiger partial charge in [-0.25, -0.2) is 4.98 Å². The van der Waals surface area contributed by atoms with Gasteiger partial charge in [-0.3, -0.25) is 4.79 Å². The van der Waals surface area contributed by atoms with Crippen molar-refractivity contribution in [1.29, 1.82) is 0 Å². The molecule has 1 amide bonds. The fourth-order valence-electron chi connectivity index (χ4n) is 3.60. The highest BCUT2D eigenvalue weighted by Gasteiger charge is 2.22. The second-order valence-electron chi connectivity index (χ2n) is 7.34. The molecule has 9 heteroatoms. The Kier molecular flexibility index (Phi) is 6.21. The van der Waals surface area contributed by atoms with E-state index in [4.69, 9.17) is 4.42 Å². The lowest BCUT2D eigenvalue weighted by Crippen LogP contribution is -2.48. The van der Waals surface area contributed by atoms with Gasteiger partial charge in [0.1, 0.15) is 0 Å². The number of rotatable bonds is 7. The van der Waals surface area contributed by atoms with Crippen LogP contribution in [-0.2, 0) is 11.2 Å². The molecule has 31 heavy (non-hydrogen) atoms. The van der Waals surface area contributed by atoms with Gasteiger partial charge in [0.2, 0.25) is 5.91 Å². The van der Waals surface area contributed by atoms with Gasteiger partial charge in [0, 0.05) is 50.7 Å². The van der Waals surface area contributed by atoms with E-state index < -0.39 is 4.92 Å². The van der Waals surface area contributed by atoms with Crippen molar-refractivity contribution < 1.29 is 14.1 Å². The number of piperazine rings is 1. The molecule has 1 aliphatic rings. The summed E-state index contributed by atoms with van der Waals surface area (Å²) in [5, 5.41) is 10.7. The Hall–Kier alpha value is -3.75. The van der Waals surface area contributed by atoms with Crippen LogP contribution in [-0.4, -0.2) is 51.9 Å². The van der Waals surface area contributed by atoms with Gasteiger partial charge in [-0.15, -0.1) is 0 Å². The number of hydrogen-bond donors (Lipinski definition) is 0. The molecular formula is C22H23N5O4. The number of oxazole rings is 1. The molecule has 0 bridgehead atoms. The molecule has 2 aromatic heterocycles. The second-order valence-corrected chi connectivity index (χ2v) is 7.34. The van der Waals surface area contributed by atoms with E-state index in [9.17, 15) is 14.9 Å². The molecule has 0 spiro atoms. The Bertz CT molecular complexity index is 1030. The summed E-state index contributed by atoms with van der Waals surface area (Å²) < 4.78 is 5.79. The number of carbonyl (C=O) groups excluding carboxylic acids is 1. The lowest BCUT2D eigenvalue weighted by Gasteiger charge is -2.35. The van der Waals surface area contributed by atoms with E-state index in [-0.39, 0.29) is 11.7 Å². The average Bonchev–Trinajstić information content (AvgIpc) is 3.29. The zero-order chi connectivity index (χ0) is 21.6. The summed E-state index contributed by atoms with van der Waals surface area (Å²) >= 11 is 0. The molecule has 0 N–H and O–H groups in total. The molecule has 4 rings (SSSR count).